The molecule has 0 aromatic heterocycles. The summed E-state index contributed by atoms with van der Waals surface area (Å²) < 4.78 is 5.06. The van der Waals surface area contributed by atoms with Gasteiger partial charge in [-0.1, -0.05) is 12.1 Å². The molecule has 128 valence electrons. The predicted molar refractivity (Wildman–Crippen MR) is 92.1 cm³/mol. The zero-order valence-corrected chi connectivity index (χ0v) is 14.1. The van der Waals surface area contributed by atoms with Gasteiger partial charge in [0.15, 0.2) is 0 Å². The molecule has 0 bridgehead atoms. The fourth-order valence-corrected chi connectivity index (χ4v) is 2.41. The first kappa shape index (κ1) is 17.6. The van der Waals surface area contributed by atoms with E-state index in [-0.39, 0.29) is 29.1 Å². The standard InChI is InChI=1S/C18H21NO5/c1-10-11(8-9-19-17(23)24-18(2,3)4)16(22)14-12(15(10)21)6-5-7-13(14)20/h5-7,9,20-22H,8H2,1-4H3/b19-9-. The molecule has 0 aliphatic rings. The molecule has 3 N–H and O–H groups in total. The molecule has 6 heteroatoms. The number of hydrogen-bond acceptors (Lipinski definition) is 5. The number of phenolic OH excluding ortho intramolecular Hbond substituents is 3. The van der Waals surface area contributed by atoms with Crippen molar-refractivity contribution in [2.45, 2.75) is 39.7 Å². The molecule has 0 heterocycles. The third-order valence-electron chi connectivity index (χ3n) is 3.51. The molecule has 0 saturated carbocycles. The van der Waals surface area contributed by atoms with Gasteiger partial charge in [-0.2, -0.15) is 4.99 Å². The van der Waals surface area contributed by atoms with Crippen LogP contribution in [0.3, 0.4) is 0 Å². The van der Waals surface area contributed by atoms with Crippen molar-refractivity contribution in [1.29, 1.82) is 0 Å². The van der Waals surface area contributed by atoms with Crippen LogP contribution in [0.25, 0.3) is 10.8 Å². The maximum Gasteiger partial charge on any atom is 0.433 e. The van der Waals surface area contributed by atoms with Gasteiger partial charge in [0.25, 0.3) is 0 Å². The molecule has 2 aromatic carbocycles. The molecule has 0 fully saturated rings. The molecule has 0 unspecified atom stereocenters. The van der Waals surface area contributed by atoms with E-state index < -0.39 is 11.7 Å². The zero-order valence-electron chi connectivity index (χ0n) is 14.1. The first-order valence-electron chi connectivity index (χ1n) is 7.52. The minimum atomic E-state index is -0.729. The molecule has 24 heavy (non-hydrogen) atoms. The molecule has 0 atom stereocenters. The Morgan fingerprint density at radius 2 is 1.88 bits per heavy atom. The summed E-state index contributed by atoms with van der Waals surface area (Å²) in [5.41, 5.74) is 0.203. The molecule has 0 aliphatic heterocycles. The van der Waals surface area contributed by atoms with E-state index in [1.807, 2.05) is 0 Å². The number of benzene rings is 2. The Kier molecular flexibility index (Phi) is 4.68. The molecule has 0 aliphatic carbocycles. The van der Waals surface area contributed by atoms with Crippen LogP contribution < -0.4 is 0 Å². The highest BCUT2D eigenvalue weighted by Crippen LogP contribution is 2.43. The SMILES string of the molecule is Cc1c(C/C=N\C(=O)OC(C)(C)C)c(O)c2c(O)cccc2c1O. The lowest BCUT2D eigenvalue weighted by Gasteiger charge is -2.17. The highest BCUT2D eigenvalue weighted by molar-refractivity contribution is 6.00. The van der Waals surface area contributed by atoms with E-state index in [2.05, 4.69) is 4.99 Å². The number of hydrogen-bond donors (Lipinski definition) is 3. The van der Waals surface area contributed by atoms with Crippen molar-refractivity contribution >= 4 is 23.1 Å². The molecule has 0 spiro atoms. The van der Waals surface area contributed by atoms with E-state index in [0.29, 0.717) is 16.5 Å². The summed E-state index contributed by atoms with van der Waals surface area (Å²) in [5, 5.41) is 31.2. The number of rotatable bonds is 2. The van der Waals surface area contributed by atoms with Gasteiger partial charge in [-0.15, -0.1) is 0 Å². The van der Waals surface area contributed by atoms with Crippen LogP contribution >= 0.6 is 0 Å². The Morgan fingerprint density at radius 3 is 2.50 bits per heavy atom. The monoisotopic (exact) mass is 331 g/mol. The maximum atomic E-state index is 11.6. The van der Waals surface area contributed by atoms with Crippen molar-refractivity contribution in [3.05, 3.63) is 29.3 Å². The molecule has 6 nitrogen and oxygen atoms in total. The number of amides is 1. The largest absolute Gasteiger partial charge is 0.507 e. The van der Waals surface area contributed by atoms with Crippen LogP contribution in [0.1, 0.15) is 31.9 Å². The average Bonchev–Trinajstić information content (AvgIpc) is 2.46. The van der Waals surface area contributed by atoms with Crippen molar-refractivity contribution in [3.8, 4) is 17.2 Å². The summed E-state index contributed by atoms with van der Waals surface area (Å²) in [6.07, 6.45) is 0.684. The normalized spacial score (nSPS) is 12.0. The Morgan fingerprint density at radius 1 is 1.21 bits per heavy atom. The Labute approximate surface area is 140 Å². The minimum absolute atomic E-state index is 0.0284. The molecule has 2 rings (SSSR count). The molecule has 2 aromatic rings. The summed E-state index contributed by atoms with van der Waals surface area (Å²) in [7, 11) is 0. The predicted octanol–water partition coefficient (Wildman–Crippen LogP) is 3.81. The van der Waals surface area contributed by atoms with Crippen molar-refractivity contribution in [1.82, 2.24) is 0 Å². The summed E-state index contributed by atoms with van der Waals surface area (Å²) in [4.78, 5) is 15.3. The smallest absolute Gasteiger partial charge is 0.433 e. The lowest BCUT2D eigenvalue weighted by Crippen LogP contribution is -2.21. The summed E-state index contributed by atoms with van der Waals surface area (Å²) in [5.74, 6) is -0.306. The van der Waals surface area contributed by atoms with Crippen LogP contribution in [-0.4, -0.2) is 33.2 Å². The highest BCUT2D eigenvalue weighted by atomic mass is 16.6. The highest BCUT2D eigenvalue weighted by Gasteiger charge is 2.18. The van der Waals surface area contributed by atoms with Crippen molar-refractivity contribution in [3.63, 3.8) is 0 Å². The van der Waals surface area contributed by atoms with E-state index in [1.54, 1.807) is 39.8 Å². The third kappa shape index (κ3) is 3.59. The Hall–Kier alpha value is -2.76. The second-order valence-corrected chi connectivity index (χ2v) is 6.50. The van der Waals surface area contributed by atoms with Gasteiger partial charge in [0, 0.05) is 23.6 Å². The number of carbonyl (C=O) groups is 1. The first-order chi connectivity index (χ1) is 11.1. The number of ether oxygens (including phenoxy) is 1. The van der Waals surface area contributed by atoms with Gasteiger partial charge in [0.2, 0.25) is 0 Å². The quantitative estimate of drug-likeness (QED) is 0.574. The number of aromatic hydroxyl groups is 3. The summed E-state index contributed by atoms with van der Waals surface area (Å²) >= 11 is 0. The van der Waals surface area contributed by atoms with E-state index in [9.17, 15) is 20.1 Å². The molecule has 0 saturated heterocycles. The molecular formula is C18H21NO5. The van der Waals surface area contributed by atoms with Gasteiger partial charge >= 0.3 is 6.09 Å². The summed E-state index contributed by atoms with van der Waals surface area (Å²) in [6.45, 7) is 6.86. The van der Waals surface area contributed by atoms with E-state index in [0.717, 1.165) is 0 Å². The van der Waals surface area contributed by atoms with Crippen LogP contribution in [-0.2, 0) is 11.2 Å². The molecule has 1 amide bonds. The lowest BCUT2D eigenvalue weighted by atomic mass is 9.96. The second kappa shape index (κ2) is 6.39. The minimum Gasteiger partial charge on any atom is -0.507 e. The second-order valence-electron chi connectivity index (χ2n) is 6.50. The Bertz CT molecular complexity index is 818. The third-order valence-corrected chi connectivity index (χ3v) is 3.51. The van der Waals surface area contributed by atoms with Crippen molar-refractivity contribution in [2.24, 2.45) is 4.99 Å². The molecular weight excluding hydrogens is 310 g/mol. The van der Waals surface area contributed by atoms with Crippen LogP contribution in [0.5, 0.6) is 17.2 Å². The van der Waals surface area contributed by atoms with Gasteiger partial charge in [-0.3, -0.25) is 0 Å². The van der Waals surface area contributed by atoms with Crippen LogP contribution in [0.4, 0.5) is 4.79 Å². The number of phenols is 3. The fraction of sp³-hybridized carbons (Fsp3) is 0.333. The number of fused-ring (bicyclic) bond motifs is 1. The fourth-order valence-electron chi connectivity index (χ4n) is 2.41. The van der Waals surface area contributed by atoms with Crippen molar-refractivity contribution < 1.29 is 24.9 Å². The molecule has 0 radical (unpaired) electrons. The van der Waals surface area contributed by atoms with Crippen LogP contribution in [0, 0.1) is 6.92 Å². The van der Waals surface area contributed by atoms with E-state index >= 15 is 0 Å². The number of carbonyl (C=O) groups excluding carboxylic acids is 1. The average molecular weight is 331 g/mol. The van der Waals surface area contributed by atoms with Crippen LogP contribution in [0.2, 0.25) is 0 Å². The van der Waals surface area contributed by atoms with Gasteiger partial charge in [-0.05, 0) is 39.3 Å². The summed E-state index contributed by atoms with van der Waals surface area (Å²) in [6, 6.07) is 4.62. The van der Waals surface area contributed by atoms with E-state index in [1.165, 1.54) is 12.3 Å². The maximum absolute atomic E-state index is 11.6. The number of aliphatic imine (C=N–C) groups is 1. The van der Waals surface area contributed by atoms with Gasteiger partial charge in [-0.25, -0.2) is 4.79 Å². The Balaban J connectivity index is 2.36. The first-order valence-corrected chi connectivity index (χ1v) is 7.52. The van der Waals surface area contributed by atoms with Gasteiger partial charge < -0.3 is 20.1 Å². The van der Waals surface area contributed by atoms with Gasteiger partial charge in [0.05, 0.1) is 5.39 Å². The van der Waals surface area contributed by atoms with Crippen LogP contribution in [0.15, 0.2) is 23.2 Å². The van der Waals surface area contributed by atoms with Crippen molar-refractivity contribution in [2.75, 3.05) is 0 Å². The number of nitrogens with zero attached hydrogens (tertiary/aromatic N) is 1. The topological polar surface area (TPSA) is 99.4 Å². The van der Waals surface area contributed by atoms with E-state index in [4.69, 9.17) is 4.74 Å². The van der Waals surface area contributed by atoms with Gasteiger partial charge in [0.1, 0.15) is 22.8 Å². The zero-order chi connectivity index (χ0) is 18.1. The lowest BCUT2D eigenvalue weighted by molar-refractivity contribution is 0.0605.